The average molecular weight is 362 g/mol. The number of aliphatic carboxylic acids is 1. The minimum atomic E-state index is -1.35. The number of carbonyl (C=O) groups is 3. The molecule has 138 valence electrons. The molecule has 1 heterocycles. The monoisotopic (exact) mass is 362 g/mol. The molecule has 0 spiro atoms. The number of hydrogen-bond acceptors (Lipinski definition) is 5. The summed E-state index contributed by atoms with van der Waals surface area (Å²) in [5, 5.41) is 25.5. The van der Waals surface area contributed by atoms with Gasteiger partial charge >= 0.3 is 18.0 Å². The number of carboxylic acids is 1. The fourth-order valence-electron chi connectivity index (χ4n) is 2.67. The summed E-state index contributed by atoms with van der Waals surface area (Å²) in [6, 6.07) is 1.95. The van der Waals surface area contributed by atoms with E-state index in [1.165, 1.54) is 25.1 Å². The first-order chi connectivity index (χ1) is 12.1. The molecular formula is C16H18N4O6. The maximum atomic E-state index is 12.5. The van der Waals surface area contributed by atoms with Crippen molar-refractivity contribution in [1.82, 2.24) is 15.5 Å². The number of hydrogen-bond donors (Lipinski definition) is 3. The summed E-state index contributed by atoms with van der Waals surface area (Å²) in [5.41, 5.74) is -0.318. The number of nitro groups is 1. The third kappa shape index (κ3) is 3.63. The van der Waals surface area contributed by atoms with E-state index in [1.807, 2.05) is 0 Å². The van der Waals surface area contributed by atoms with Gasteiger partial charge in [-0.2, -0.15) is 0 Å². The molecule has 0 aliphatic carbocycles. The molecule has 10 heteroatoms. The lowest BCUT2D eigenvalue weighted by Gasteiger charge is -2.36. The fourth-order valence-corrected chi connectivity index (χ4v) is 2.67. The molecule has 1 aromatic carbocycles. The van der Waals surface area contributed by atoms with Gasteiger partial charge in [0, 0.05) is 23.9 Å². The Morgan fingerprint density at radius 1 is 1.38 bits per heavy atom. The number of non-ortho nitro benzene ring substituents is 1. The lowest BCUT2D eigenvalue weighted by Crippen LogP contribution is -2.55. The predicted octanol–water partition coefficient (Wildman–Crippen LogP) is 2.14. The number of urea groups is 2. The SMILES string of the molecule is CC1=C(C(=O)O)C(c2cccc([N+](=O)[O-])c2)N(C(=O)NC(C)C)C(=O)N1. The van der Waals surface area contributed by atoms with Crippen LogP contribution in [0, 0.1) is 10.1 Å². The molecule has 1 atom stereocenters. The van der Waals surface area contributed by atoms with Crippen LogP contribution in [0.2, 0.25) is 0 Å². The molecule has 0 fully saturated rings. The van der Waals surface area contributed by atoms with Gasteiger partial charge < -0.3 is 15.7 Å². The van der Waals surface area contributed by atoms with E-state index in [0.29, 0.717) is 0 Å². The highest BCUT2D eigenvalue weighted by molar-refractivity contribution is 6.01. The Morgan fingerprint density at radius 2 is 2.04 bits per heavy atom. The van der Waals surface area contributed by atoms with Gasteiger partial charge in [-0.1, -0.05) is 12.1 Å². The molecule has 0 radical (unpaired) electrons. The normalized spacial score (nSPS) is 17.2. The Labute approximate surface area is 148 Å². The first-order valence-corrected chi connectivity index (χ1v) is 7.72. The standard InChI is InChI=1S/C16H18N4O6/c1-8(2)17-15(23)19-13(10-5-4-6-11(7-10)20(25)26)12(14(21)22)9(3)18-16(19)24/h4-8,13H,1-3H3,(H,17,23)(H,18,24)(H,21,22). The zero-order chi connectivity index (χ0) is 19.6. The predicted molar refractivity (Wildman–Crippen MR) is 90.2 cm³/mol. The Balaban J connectivity index is 2.65. The lowest BCUT2D eigenvalue weighted by molar-refractivity contribution is -0.384. The Bertz CT molecular complexity index is 817. The van der Waals surface area contributed by atoms with E-state index in [4.69, 9.17) is 0 Å². The second-order valence-corrected chi connectivity index (χ2v) is 6.00. The Hall–Kier alpha value is -3.43. The van der Waals surface area contributed by atoms with Crippen LogP contribution in [0.5, 0.6) is 0 Å². The fraction of sp³-hybridized carbons (Fsp3) is 0.312. The molecule has 2 rings (SSSR count). The van der Waals surface area contributed by atoms with E-state index in [9.17, 15) is 29.6 Å². The largest absolute Gasteiger partial charge is 0.478 e. The topological polar surface area (TPSA) is 142 Å². The highest BCUT2D eigenvalue weighted by Crippen LogP contribution is 2.35. The summed E-state index contributed by atoms with van der Waals surface area (Å²) in [7, 11) is 0. The molecule has 0 aromatic heterocycles. The van der Waals surface area contributed by atoms with Crippen molar-refractivity contribution >= 4 is 23.7 Å². The smallest absolute Gasteiger partial charge is 0.335 e. The van der Waals surface area contributed by atoms with E-state index in [2.05, 4.69) is 10.6 Å². The molecule has 1 aliphatic heterocycles. The maximum Gasteiger partial charge on any atom is 0.335 e. The zero-order valence-electron chi connectivity index (χ0n) is 14.3. The second kappa shape index (κ2) is 7.21. The van der Waals surface area contributed by atoms with Gasteiger partial charge in [0.2, 0.25) is 0 Å². The van der Waals surface area contributed by atoms with Gasteiger partial charge in [0.25, 0.3) is 5.69 Å². The molecule has 0 saturated heterocycles. The van der Waals surface area contributed by atoms with E-state index >= 15 is 0 Å². The summed E-state index contributed by atoms with van der Waals surface area (Å²) in [4.78, 5) is 47.8. The number of carboxylic acid groups (broad SMARTS) is 1. The molecule has 3 N–H and O–H groups in total. The van der Waals surface area contributed by atoms with E-state index < -0.39 is 29.0 Å². The number of imide groups is 1. The van der Waals surface area contributed by atoms with Gasteiger partial charge in [-0.3, -0.25) is 10.1 Å². The summed E-state index contributed by atoms with van der Waals surface area (Å²) in [6.45, 7) is 4.76. The van der Waals surface area contributed by atoms with E-state index in [0.717, 1.165) is 11.0 Å². The van der Waals surface area contributed by atoms with Crippen LogP contribution < -0.4 is 10.6 Å². The van der Waals surface area contributed by atoms with Gasteiger partial charge in [-0.05, 0) is 26.3 Å². The third-order valence-corrected chi connectivity index (χ3v) is 3.71. The average Bonchev–Trinajstić information content (AvgIpc) is 2.52. The van der Waals surface area contributed by atoms with Crippen LogP contribution in [0.25, 0.3) is 0 Å². The molecule has 0 saturated carbocycles. The number of amides is 4. The molecule has 0 bridgehead atoms. The van der Waals surface area contributed by atoms with Crippen LogP contribution in [-0.2, 0) is 4.79 Å². The molecule has 1 unspecified atom stereocenters. The molecule has 10 nitrogen and oxygen atoms in total. The van der Waals surface area contributed by atoms with Crippen molar-refractivity contribution in [2.24, 2.45) is 0 Å². The highest BCUT2D eigenvalue weighted by atomic mass is 16.6. The lowest BCUT2D eigenvalue weighted by atomic mass is 9.93. The van der Waals surface area contributed by atoms with Crippen molar-refractivity contribution in [3.8, 4) is 0 Å². The molecule has 26 heavy (non-hydrogen) atoms. The first-order valence-electron chi connectivity index (χ1n) is 7.72. The van der Waals surface area contributed by atoms with Crippen molar-refractivity contribution < 1.29 is 24.4 Å². The van der Waals surface area contributed by atoms with Crippen molar-refractivity contribution in [2.45, 2.75) is 32.9 Å². The number of benzene rings is 1. The Morgan fingerprint density at radius 3 is 2.58 bits per heavy atom. The minimum Gasteiger partial charge on any atom is -0.478 e. The van der Waals surface area contributed by atoms with Crippen LogP contribution in [-0.4, -0.2) is 39.0 Å². The van der Waals surface area contributed by atoms with E-state index in [1.54, 1.807) is 13.8 Å². The number of nitrogens with one attached hydrogen (secondary N) is 2. The summed E-state index contributed by atoms with van der Waals surface area (Å²) in [5.74, 6) is -1.35. The van der Waals surface area contributed by atoms with Crippen LogP contribution in [0.15, 0.2) is 35.5 Å². The first kappa shape index (κ1) is 18.9. The number of carbonyl (C=O) groups excluding carboxylic acids is 2. The Kier molecular flexibility index (Phi) is 5.24. The van der Waals surface area contributed by atoms with Gasteiger partial charge in [0.05, 0.1) is 10.5 Å². The molecule has 1 aliphatic rings. The number of rotatable bonds is 4. The van der Waals surface area contributed by atoms with Gasteiger partial charge in [-0.15, -0.1) is 0 Å². The van der Waals surface area contributed by atoms with Crippen molar-refractivity contribution in [1.29, 1.82) is 0 Å². The van der Waals surface area contributed by atoms with Crippen molar-refractivity contribution in [2.75, 3.05) is 0 Å². The summed E-state index contributed by atoms with van der Waals surface area (Å²) in [6.07, 6.45) is 0. The maximum absolute atomic E-state index is 12.5. The number of nitrogens with zero attached hydrogens (tertiary/aromatic N) is 2. The second-order valence-electron chi connectivity index (χ2n) is 6.00. The third-order valence-electron chi connectivity index (χ3n) is 3.71. The highest BCUT2D eigenvalue weighted by Gasteiger charge is 2.41. The van der Waals surface area contributed by atoms with Crippen molar-refractivity contribution in [3.05, 3.63) is 51.2 Å². The number of nitro benzene ring substituents is 1. The van der Waals surface area contributed by atoms with Crippen LogP contribution in [0.4, 0.5) is 15.3 Å². The molecular weight excluding hydrogens is 344 g/mol. The summed E-state index contributed by atoms with van der Waals surface area (Å²) < 4.78 is 0. The van der Waals surface area contributed by atoms with Gasteiger partial charge in [0.1, 0.15) is 6.04 Å². The molecule has 4 amide bonds. The quantitative estimate of drug-likeness (QED) is 0.553. The zero-order valence-corrected chi connectivity index (χ0v) is 14.3. The van der Waals surface area contributed by atoms with Crippen molar-refractivity contribution in [3.63, 3.8) is 0 Å². The van der Waals surface area contributed by atoms with Crippen LogP contribution >= 0.6 is 0 Å². The van der Waals surface area contributed by atoms with E-state index in [-0.39, 0.29) is 28.6 Å². The van der Waals surface area contributed by atoms with Crippen LogP contribution in [0.3, 0.4) is 0 Å². The molecule has 1 aromatic rings. The van der Waals surface area contributed by atoms with Gasteiger partial charge in [0.15, 0.2) is 0 Å². The minimum absolute atomic E-state index is 0.0626. The van der Waals surface area contributed by atoms with Gasteiger partial charge in [-0.25, -0.2) is 19.3 Å². The number of allylic oxidation sites excluding steroid dienone is 1. The summed E-state index contributed by atoms with van der Waals surface area (Å²) >= 11 is 0. The van der Waals surface area contributed by atoms with Crippen LogP contribution in [0.1, 0.15) is 32.4 Å².